The molecule has 0 saturated carbocycles. The summed E-state index contributed by atoms with van der Waals surface area (Å²) in [5.41, 5.74) is 1.91. The molecule has 1 aliphatic rings. The first-order chi connectivity index (χ1) is 13.8. The number of carbonyl (C=O) groups excluding carboxylic acids is 1. The summed E-state index contributed by atoms with van der Waals surface area (Å²) in [5, 5.41) is 0. The minimum absolute atomic E-state index is 0.156. The van der Waals surface area contributed by atoms with Crippen molar-refractivity contribution in [3.63, 3.8) is 0 Å². The van der Waals surface area contributed by atoms with Crippen molar-refractivity contribution in [2.45, 2.75) is 13.0 Å². The third kappa shape index (κ3) is 4.62. The Balaban J connectivity index is 1.30. The summed E-state index contributed by atoms with van der Waals surface area (Å²) in [4.78, 5) is 12.2. The molecule has 0 N–H and O–H groups in total. The maximum Gasteiger partial charge on any atom is 0.315 e. The molecule has 28 heavy (non-hydrogen) atoms. The number of fused-ring (bicyclic) bond motifs is 1. The smallest absolute Gasteiger partial charge is 0.315 e. The van der Waals surface area contributed by atoms with Crippen molar-refractivity contribution >= 4 is 5.97 Å². The summed E-state index contributed by atoms with van der Waals surface area (Å²) in [6.07, 6.45) is 0.156. The second-order valence-corrected chi connectivity index (χ2v) is 6.37. The highest BCUT2D eigenvalue weighted by atomic mass is 16.6. The van der Waals surface area contributed by atoms with Gasteiger partial charge in [0, 0.05) is 0 Å². The van der Waals surface area contributed by atoms with Crippen molar-refractivity contribution in [3.8, 4) is 23.0 Å². The molecule has 0 fully saturated rings. The first kappa shape index (κ1) is 17.9. The molecule has 0 saturated heterocycles. The van der Waals surface area contributed by atoms with Crippen molar-refractivity contribution in [1.29, 1.82) is 0 Å². The lowest BCUT2D eigenvalue weighted by molar-refractivity contribution is -0.133. The number of esters is 1. The van der Waals surface area contributed by atoms with Gasteiger partial charge in [-0.15, -0.1) is 0 Å². The zero-order valence-corrected chi connectivity index (χ0v) is 15.3. The first-order valence-electron chi connectivity index (χ1n) is 9.12. The summed E-state index contributed by atoms with van der Waals surface area (Å²) in [7, 11) is 0. The Morgan fingerprint density at radius 2 is 1.50 bits per heavy atom. The van der Waals surface area contributed by atoms with E-state index < -0.39 is 0 Å². The fraction of sp³-hybridized carbons (Fsp3) is 0.174. The number of benzene rings is 3. The molecule has 0 atom stereocenters. The van der Waals surface area contributed by atoms with Gasteiger partial charge in [0.2, 0.25) is 0 Å². The van der Waals surface area contributed by atoms with Gasteiger partial charge >= 0.3 is 5.97 Å². The molecule has 0 radical (unpaired) electrons. The summed E-state index contributed by atoms with van der Waals surface area (Å²) in [5.74, 6) is 2.23. The van der Waals surface area contributed by atoms with Crippen molar-refractivity contribution in [3.05, 3.63) is 83.9 Å². The zero-order valence-electron chi connectivity index (χ0n) is 15.3. The third-order valence-electron chi connectivity index (χ3n) is 4.26. The quantitative estimate of drug-likeness (QED) is 0.477. The Kier molecular flexibility index (Phi) is 5.43. The van der Waals surface area contributed by atoms with Gasteiger partial charge in [-0.05, 0) is 47.5 Å². The number of carbonyl (C=O) groups is 1. The molecular weight excluding hydrogens is 356 g/mol. The molecule has 142 valence electrons. The average Bonchev–Trinajstić information content (AvgIpc) is 2.74. The van der Waals surface area contributed by atoms with E-state index >= 15 is 0 Å². The van der Waals surface area contributed by atoms with Gasteiger partial charge in [-0.25, -0.2) is 0 Å². The fourth-order valence-corrected chi connectivity index (χ4v) is 2.88. The molecule has 0 amide bonds. The molecule has 3 aromatic carbocycles. The van der Waals surface area contributed by atoms with E-state index in [-0.39, 0.29) is 12.4 Å². The van der Waals surface area contributed by atoms with Crippen LogP contribution in [-0.2, 0) is 17.8 Å². The van der Waals surface area contributed by atoms with Crippen molar-refractivity contribution < 1.29 is 23.7 Å². The molecule has 0 spiro atoms. The normalized spacial score (nSPS) is 12.3. The van der Waals surface area contributed by atoms with E-state index in [9.17, 15) is 4.79 Å². The van der Waals surface area contributed by atoms with Gasteiger partial charge in [-0.3, -0.25) is 4.79 Å². The largest absolute Gasteiger partial charge is 0.489 e. The molecule has 4 rings (SSSR count). The Bertz CT molecular complexity index is 935. The predicted octanol–water partition coefficient (Wildman–Crippen LogP) is 4.18. The molecule has 1 aliphatic heterocycles. The third-order valence-corrected chi connectivity index (χ3v) is 4.26. The van der Waals surface area contributed by atoms with E-state index in [0.717, 1.165) is 16.9 Å². The highest BCUT2D eigenvalue weighted by Gasteiger charge is 2.14. The molecule has 3 aromatic rings. The van der Waals surface area contributed by atoms with Crippen molar-refractivity contribution in [2.75, 3.05) is 13.2 Å². The van der Waals surface area contributed by atoms with Crippen LogP contribution in [0.4, 0.5) is 0 Å². The Morgan fingerprint density at radius 3 is 2.29 bits per heavy atom. The number of rotatable bonds is 6. The van der Waals surface area contributed by atoms with E-state index in [1.165, 1.54) is 0 Å². The second kappa shape index (κ2) is 8.48. The minimum Gasteiger partial charge on any atom is -0.489 e. The van der Waals surface area contributed by atoms with Gasteiger partial charge in [-0.2, -0.15) is 0 Å². The molecular formula is C23H20O5. The highest BCUT2D eigenvalue weighted by Crippen LogP contribution is 2.31. The highest BCUT2D eigenvalue weighted by molar-refractivity contribution is 5.75. The van der Waals surface area contributed by atoms with Crippen LogP contribution in [0.2, 0.25) is 0 Å². The maximum atomic E-state index is 12.2. The van der Waals surface area contributed by atoms with Gasteiger partial charge in [0.25, 0.3) is 0 Å². The topological polar surface area (TPSA) is 54.0 Å². The van der Waals surface area contributed by atoms with E-state index in [1.54, 1.807) is 24.3 Å². The summed E-state index contributed by atoms with van der Waals surface area (Å²) < 4.78 is 22.2. The van der Waals surface area contributed by atoms with Crippen molar-refractivity contribution in [1.82, 2.24) is 0 Å². The van der Waals surface area contributed by atoms with Crippen LogP contribution in [0.3, 0.4) is 0 Å². The van der Waals surface area contributed by atoms with Gasteiger partial charge in [0.15, 0.2) is 11.5 Å². The Labute approximate surface area is 163 Å². The van der Waals surface area contributed by atoms with Crippen LogP contribution < -0.4 is 18.9 Å². The minimum atomic E-state index is -0.338. The SMILES string of the molecule is O=C(Cc1ccc2c(c1)OCCO2)Oc1ccc(OCc2ccccc2)cc1. The maximum absolute atomic E-state index is 12.2. The number of hydrogen-bond donors (Lipinski definition) is 0. The van der Waals surface area contributed by atoms with Crippen LogP contribution in [0.1, 0.15) is 11.1 Å². The lowest BCUT2D eigenvalue weighted by Crippen LogP contribution is -2.16. The first-order valence-corrected chi connectivity index (χ1v) is 9.12. The van der Waals surface area contributed by atoms with E-state index in [0.29, 0.717) is 37.1 Å². The van der Waals surface area contributed by atoms with Gasteiger partial charge in [0.1, 0.15) is 31.3 Å². The predicted molar refractivity (Wildman–Crippen MR) is 104 cm³/mol. The fourth-order valence-electron chi connectivity index (χ4n) is 2.88. The average molecular weight is 376 g/mol. The van der Waals surface area contributed by atoms with Crippen molar-refractivity contribution in [2.24, 2.45) is 0 Å². The Hall–Kier alpha value is -3.47. The van der Waals surface area contributed by atoms with Crippen LogP contribution in [0, 0.1) is 0 Å². The number of ether oxygens (including phenoxy) is 4. The van der Waals surface area contributed by atoms with Gasteiger partial charge in [-0.1, -0.05) is 36.4 Å². The Morgan fingerprint density at radius 1 is 0.786 bits per heavy atom. The monoisotopic (exact) mass is 376 g/mol. The number of hydrogen-bond acceptors (Lipinski definition) is 5. The lowest BCUT2D eigenvalue weighted by atomic mass is 10.1. The van der Waals surface area contributed by atoms with Crippen LogP contribution in [0.5, 0.6) is 23.0 Å². The van der Waals surface area contributed by atoms with Crippen LogP contribution >= 0.6 is 0 Å². The van der Waals surface area contributed by atoms with Crippen LogP contribution in [-0.4, -0.2) is 19.2 Å². The second-order valence-electron chi connectivity index (χ2n) is 6.37. The zero-order chi connectivity index (χ0) is 19.2. The summed E-state index contributed by atoms with van der Waals surface area (Å²) in [6, 6.07) is 22.4. The molecule has 5 heteroatoms. The van der Waals surface area contributed by atoms with E-state index in [4.69, 9.17) is 18.9 Å². The summed E-state index contributed by atoms with van der Waals surface area (Å²) >= 11 is 0. The van der Waals surface area contributed by atoms with E-state index in [1.807, 2.05) is 48.5 Å². The molecule has 0 aromatic heterocycles. The molecule has 0 aliphatic carbocycles. The van der Waals surface area contributed by atoms with Gasteiger partial charge < -0.3 is 18.9 Å². The summed E-state index contributed by atoms with van der Waals surface area (Å²) in [6.45, 7) is 1.54. The molecule has 1 heterocycles. The standard InChI is InChI=1S/C23H20O5/c24-23(15-18-6-11-21-22(14-18)26-13-12-25-21)28-20-9-7-19(8-10-20)27-16-17-4-2-1-3-5-17/h1-11,14H,12-13,15-16H2. The van der Waals surface area contributed by atoms with Crippen LogP contribution in [0.15, 0.2) is 72.8 Å². The van der Waals surface area contributed by atoms with E-state index in [2.05, 4.69) is 0 Å². The molecule has 5 nitrogen and oxygen atoms in total. The van der Waals surface area contributed by atoms with Gasteiger partial charge in [0.05, 0.1) is 6.42 Å². The lowest BCUT2D eigenvalue weighted by Gasteiger charge is -2.18. The van der Waals surface area contributed by atoms with Crippen LogP contribution in [0.25, 0.3) is 0 Å². The molecule has 0 unspecified atom stereocenters. The molecule has 0 bridgehead atoms.